The third-order valence-electron chi connectivity index (χ3n) is 3.18. The Labute approximate surface area is 91.0 Å². The smallest absolute Gasteiger partial charge is 0.225 e. The second-order valence-corrected chi connectivity index (χ2v) is 4.63. The van der Waals surface area contributed by atoms with E-state index in [0.717, 1.165) is 39.2 Å². The van der Waals surface area contributed by atoms with Crippen LogP contribution in [0.15, 0.2) is 0 Å². The zero-order valence-electron chi connectivity index (χ0n) is 9.37. The van der Waals surface area contributed by atoms with Gasteiger partial charge in [0.2, 0.25) is 5.91 Å². The molecule has 1 amide bonds. The van der Waals surface area contributed by atoms with Crippen molar-refractivity contribution >= 4 is 5.91 Å². The van der Waals surface area contributed by atoms with Gasteiger partial charge in [-0.1, -0.05) is 6.92 Å². The number of hydrogen-bond donors (Lipinski definition) is 1. The van der Waals surface area contributed by atoms with Gasteiger partial charge in [0.15, 0.2) is 0 Å². The van der Waals surface area contributed by atoms with E-state index in [4.69, 9.17) is 4.74 Å². The molecule has 0 aromatic heterocycles. The van der Waals surface area contributed by atoms with Gasteiger partial charge in [0.05, 0.1) is 19.1 Å². The molecule has 2 rings (SSSR count). The van der Waals surface area contributed by atoms with E-state index in [0.29, 0.717) is 12.3 Å². The Morgan fingerprint density at radius 2 is 2.47 bits per heavy atom. The van der Waals surface area contributed by atoms with Crippen molar-refractivity contribution < 1.29 is 9.53 Å². The molecule has 1 N–H and O–H groups in total. The van der Waals surface area contributed by atoms with Gasteiger partial charge in [-0.2, -0.15) is 0 Å². The molecule has 4 nitrogen and oxygen atoms in total. The van der Waals surface area contributed by atoms with E-state index in [1.54, 1.807) is 0 Å². The van der Waals surface area contributed by atoms with E-state index in [1.807, 2.05) is 4.90 Å². The average molecular weight is 212 g/mol. The number of ether oxygens (including phenoxy) is 1. The predicted octanol–water partition coefficient (Wildman–Crippen LogP) is 0.233. The third kappa shape index (κ3) is 2.92. The van der Waals surface area contributed by atoms with E-state index >= 15 is 0 Å². The first-order valence-electron chi connectivity index (χ1n) is 5.86. The minimum atomic E-state index is 0.0853. The van der Waals surface area contributed by atoms with Crippen LogP contribution in [0.3, 0.4) is 0 Å². The molecule has 2 saturated heterocycles. The lowest BCUT2D eigenvalue weighted by molar-refractivity contribution is -0.133. The number of rotatable bonds is 2. The van der Waals surface area contributed by atoms with Crippen molar-refractivity contribution in [3.8, 4) is 0 Å². The van der Waals surface area contributed by atoms with Gasteiger partial charge in [0.25, 0.3) is 0 Å². The van der Waals surface area contributed by atoms with Crippen molar-refractivity contribution in [3.05, 3.63) is 0 Å². The monoisotopic (exact) mass is 212 g/mol. The van der Waals surface area contributed by atoms with Crippen molar-refractivity contribution in [1.82, 2.24) is 10.2 Å². The SMILES string of the molecule is CC1CCN(C(=O)CC2CNCCO2)C1. The molecule has 2 unspecified atom stereocenters. The molecule has 2 aliphatic heterocycles. The summed E-state index contributed by atoms with van der Waals surface area (Å²) in [5, 5.41) is 3.24. The fourth-order valence-electron chi connectivity index (χ4n) is 2.24. The van der Waals surface area contributed by atoms with Crippen LogP contribution in [-0.4, -0.2) is 49.7 Å². The molecule has 0 aromatic carbocycles. The lowest BCUT2D eigenvalue weighted by Gasteiger charge is -2.25. The summed E-state index contributed by atoms with van der Waals surface area (Å²) in [7, 11) is 0. The first-order chi connectivity index (χ1) is 7.25. The molecule has 2 atom stereocenters. The second-order valence-electron chi connectivity index (χ2n) is 4.63. The largest absolute Gasteiger partial charge is 0.375 e. The van der Waals surface area contributed by atoms with Crippen LogP contribution in [-0.2, 0) is 9.53 Å². The van der Waals surface area contributed by atoms with Crippen LogP contribution in [0, 0.1) is 5.92 Å². The summed E-state index contributed by atoms with van der Waals surface area (Å²) in [6.45, 7) is 6.51. The van der Waals surface area contributed by atoms with E-state index in [-0.39, 0.29) is 12.0 Å². The minimum absolute atomic E-state index is 0.0853. The molecule has 4 heteroatoms. The molecule has 0 spiro atoms. The van der Waals surface area contributed by atoms with Crippen molar-refractivity contribution in [2.24, 2.45) is 5.92 Å². The minimum Gasteiger partial charge on any atom is -0.375 e. The fourth-order valence-corrected chi connectivity index (χ4v) is 2.24. The highest BCUT2D eigenvalue weighted by Crippen LogP contribution is 2.17. The molecule has 0 saturated carbocycles. The fraction of sp³-hybridized carbons (Fsp3) is 0.909. The molecule has 15 heavy (non-hydrogen) atoms. The van der Waals surface area contributed by atoms with Crippen LogP contribution < -0.4 is 5.32 Å². The van der Waals surface area contributed by atoms with Crippen LogP contribution in [0.1, 0.15) is 19.8 Å². The Balaban J connectivity index is 1.76. The Bertz CT molecular complexity index is 227. The van der Waals surface area contributed by atoms with Gasteiger partial charge in [0, 0.05) is 26.2 Å². The predicted molar refractivity (Wildman–Crippen MR) is 57.6 cm³/mol. The molecule has 0 aliphatic carbocycles. The lowest BCUT2D eigenvalue weighted by atomic mass is 10.2. The third-order valence-corrected chi connectivity index (χ3v) is 3.18. The number of amides is 1. The summed E-state index contributed by atoms with van der Waals surface area (Å²) in [6, 6.07) is 0. The zero-order valence-corrected chi connectivity index (χ0v) is 9.37. The Hall–Kier alpha value is -0.610. The topological polar surface area (TPSA) is 41.6 Å². The Morgan fingerprint density at radius 3 is 3.07 bits per heavy atom. The van der Waals surface area contributed by atoms with Gasteiger partial charge >= 0.3 is 0 Å². The number of hydrogen-bond acceptors (Lipinski definition) is 3. The summed E-state index contributed by atoms with van der Waals surface area (Å²) in [4.78, 5) is 13.9. The van der Waals surface area contributed by atoms with Gasteiger partial charge < -0.3 is 15.0 Å². The molecule has 2 aliphatic rings. The highest BCUT2D eigenvalue weighted by molar-refractivity contribution is 5.77. The summed E-state index contributed by atoms with van der Waals surface area (Å²) in [5.74, 6) is 0.924. The van der Waals surface area contributed by atoms with Crippen molar-refractivity contribution in [1.29, 1.82) is 0 Å². The van der Waals surface area contributed by atoms with Crippen LogP contribution in [0.25, 0.3) is 0 Å². The first kappa shape index (κ1) is 10.9. The molecule has 2 fully saturated rings. The molecule has 0 aromatic rings. The van der Waals surface area contributed by atoms with E-state index in [1.165, 1.54) is 0 Å². The number of carbonyl (C=O) groups excluding carboxylic acids is 1. The molecule has 0 radical (unpaired) electrons. The van der Waals surface area contributed by atoms with E-state index in [2.05, 4.69) is 12.2 Å². The highest BCUT2D eigenvalue weighted by Gasteiger charge is 2.26. The van der Waals surface area contributed by atoms with Crippen molar-refractivity contribution in [2.45, 2.75) is 25.9 Å². The maximum Gasteiger partial charge on any atom is 0.225 e. The number of nitrogens with zero attached hydrogens (tertiary/aromatic N) is 1. The van der Waals surface area contributed by atoms with Gasteiger partial charge in [-0.05, 0) is 12.3 Å². The van der Waals surface area contributed by atoms with Gasteiger partial charge in [-0.25, -0.2) is 0 Å². The Morgan fingerprint density at radius 1 is 1.60 bits per heavy atom. The van der Waals surface area contributed by atoms with Crippen LogP contribution in [0.5, 0.6) is 0 Å². The molecule has 0 bridgehead atoms. The summed E-state index contributed by atoms with van der Waals surface area (Å²) in [6.07, 6.45) is 1.78. The normalized spacial score (nSPS) is 31.9. The van der Waals surface area contributed by atoms with E-state index < -0.39 is 0 Å². The second kappa shape index (κ2) is 4.94. The number of likely N-dealkylation sites (tertiary alicyclic amines) is 1. The standard InChI is InChI=1S/C11H20N2O2/c1-9-2-4-13(8-9)11(14)6-10-7-12-3-5-15-10/h9-10,12H,2-8H2,1H3. The number of nitrogens with one attached hydrogen (secondary N) is 1. The molecular weight excluding hydrogens is 192 g/mol. The lowest BCUT2D eigenvalue weighted by Crippen LogP contribution is -2.42. The van der Waals surface area contributed by atoms with Gasteiger partial charge in [-0.15, -0.1) is 0 Å². The van der Waals surface area contributed by atoms with Crippen molar-refractivity contribution in [3.63, 3.8) is 0 Å². The molecule has 2 heterocycles. The molecular formula is C11H20N2O2. The maximum atomic E-state index is 11.9. The van der Waals surface area contributed by atoms with Crippen LogP contribution >= 0.6 is 0 Å². The van der Waals surface area contributed by atoms with Crippen LogP contribution in [0.4, 0.5) is 0 Å². The number of morpholine rings is 1. The highest BCUT2D eigenvalue weighted by atomic mass is 16.5. The quantitative estimate of drug-likeness (QED) is 0.712. The average Bonchev–Trinajstić information content (AvgIpc) is 2.66. The Kier molecular flexibility index (Phi) is 3.59. The van der Waals surface area contributed by atoms with E-state index in [9.17, 15) is 4.79 Å². The van der Waals surface area contributed by atoms with Gasteiger partial charge in [0.1, 0.15) is 0 Å². The van der Waals surface area contributed by atoms with Crippen molar-refractivity contribution in [2.75, 3.05) is 32.8 Å². The molecule has 86 valence electrons. The number of carbonyl (C=O) groups is 1. The van der Waals surface area contributed by atoms with Gasteiger partial charge in [-0.3, -0.25) is 4.79 Å². The van der Waals surface area contributed by atoms with Crippen LogP contribution in [0.2, 0.25) is 0 Å². The summed E-state index contributed by atoms with van der Waals surface area (Å²) in [5.41, 5.74) is 0. The maximum absolute atomic E-state index is 11.9. The summed E-state index contributed by atoms with van der Waals surface area (Å²) >= 11 is 0. The first-order valence-corrected chi connectivity index (χ1v) is 5.86. The summed E-state index contributed by atoms with van der Waals surface area (Å²) < 4.78 is 5.52. The zero-order chi connectivity index (χ0) is 10.7.